The normalized spacial score (nSPS) is 12.9. The van der Waals surface area contributed by atoms with Gasteiger partial charge in [-0.2, -0.15) is 18.3 Å². The van der Waals surface area contributed by atoms with Gasteiger partial charge >= 0.3 is 6.18 Å². The zero-order valence-corrected chi connectivity index (χ0v) is 8.95. The molecule has 4 nitrogen and oxygen atoms in total. The number of alkyl halides is 3. The van der Waals surface area contributed by atoms with E-state index in [-0.39, 0.29) is 6.54 Å². The van der Waals surface area contributed by atoms with Crippen LogP contribution in [0.1, 0.15) is 18.7 Å². The predicted molar refractivity (Wildman–Crippen MR) is 53.8 cm³/mol. The summed E-state index contributed by atoms with van der Waals surface area (Å²) in [6, 6.07) is -0.0373. The summed E-state index contributed by atoms with van der Waals surface area (Å²) >= 11 is 0. The molecule has 0 saturated heterocycles. The highest BCUT2D eigenvalue weighted by Crippen LogP contribution is 2.27. The molecule has 1 aromatic rings. The number of hydrogen-bond acceptors (Lipinski definition) is 2. The lowest BCUT2D eigenvalue weighted by Gasteiger charge is -2.11. The van der Waals surface area contributed by atoms with E-state index < -0.39 is 23.8 Å². The van der Waals surface area contributed by atoms with Crippen LogP contribution >= 0.6 is 0 Å². The molecule has 0 saturated carbocycles. The Morgan fingerprint density at radius 1 is 1.71 bits per heavy atom. The van der Waals surface area contributed by atoms with Gasteiger partial charge in [-0.1, -0.05) is 5.92 Å². The smallest absolute Gasteiger partial charge is 0.343 e. The Morgan fingerprint density at radius 2 is 2.35 bits per heavy atom. The van der Waals surface area contributed by atoms with Crippen LogP contribution in [0.15, 0.2) is 12.3 Å². The van der Waals surface area contributed by atoms with Crippen molar-refractivity contribution in [1.29, 1.82) is 0 Å². The number of carbonyl (C=O) groups is 1. The molecule has 0 bridgehead atoms. The average molecular weight is 245 g/mol. The molecular formula is C10H10F3N3O. The summed E-state index contributed by atoms with van der Waals surface area (Å²) in [6.45, 7) is 1.45. The van der Waals surface area contributed by atoms with Crippen molar-refractivity contribution in [2.75, 3.05) is 6.54 Å². The Hall–Kier alpha value is -1.97. The molecule has 0 radical (unpaired) electrons. The van der Waals surface area contributed by atoms with Gasteiger partial charge in [0.1, 0.15) is 6.04 Å². The minimum atomic E-state index is -4.51. The second-order valence-electron chi connectivity index (χ2n) is 3.28. The first-order chi connectivity index (χ1) is 7.86. The Labute approximate surface area is 95.8 Å². The Balaban J connectivity index is 2.77. The fourth-order valence-corrected chi connectivity index (χ4v) is 1.11. The van der Waals surface area contributed by atoms with Crippen LogP contribution < -0.4 is 5.32 Å². The van der Waals surface area contributed by atoms with E-state index in [2.05, 4.69) is 16.3 Å². The van der Waals surface area contributed by atoms with Crippen LogP contribution in [-0.2, 0) is 11.0 Å². The molecule has 1 N–H and O–H groups in total. The standard InChI is InChI=1S/C10H10F3N3O/c1-3-5-14-9(17)7(2)16-6-4-8(15-16)10(11,12)13/h1,4,6-7H,5H2,2H3,(H,14,17). The summed E-state index contributed by atoms with van der Waals surface area (Å²) in [5.41, 5.74) is -1.03. The van der Waals surface area contributed by atoms with Crippen LogP contribution in [-0.4, -0.2) is 22.2 Å². The predicted octanol–water partition coefficient (Wildman–Crippen LogP) is 1.21. The van der Waals surface area contributed by atoms with E-state index in [0.717, 1.165) is 16.9 Å². The maximum Gasteiger partial charge on any atom is 0.435 e. The highest BCUT2D eigenvalue weighted by molar-refractivity contribution is 5.79. The summed E-state index contributed by atoms with van der Waals surface area (Å²) in [5, 5.41) is 5.65. The van der Waals surface area contributed by atoms with Gasteiger partial charge in [0.25, 0.3) is 0 Å². The van der Waals surface area contributed by atoms with Crippen molar-refractivity contribution in [3.05, 3.63) is 18.0 Å². The molecule has 7 heteroatoms. The minimum Gasteiger partial charge on any atom is -0.343 e. The first kappa shape index (κ1) is 13.1. The van der Waals surface area contributed by atoms with Crippen LogP contribution in [0.5, 0.6) is 0 Å². The first-order valence-corrected chi connectivity index (χ1v) is 4.69. The van der Waals surface area contributed by atoms with E-state index in [9.17, 15) is 18.0 Å². The van der Waals surface area contributed by atoms with Crippen LogP contribution in [0.25, 0.3) is 0 Å². The largest absolute Gasteiger partial charge is 0.435 e. The summed E-state index contributed by atoms with van der Waals surface area (Å²) in [7, 11) is 0. The molecule has 92 valence electrons. The number of terminal acetylenes is 1. The van der Waals surface area contributed by atoms with Crippen LogP contribution in [0.4, 0.5) is 13.2 Å². The second-order valence-corrected chi connectivity index (χ2v) is 3.28. The van der Waals surface area contributed by atoms with Gasteiger partial charge in [-0.25, -0.2) is 0 Å². The van der Waals surface area contributed by atoms with E-state index in [1.54, 1.807) is 0 Å². The van der Waals surface area contributed by atoms with Gasteiger partial charge in [0.2, 0.25) is 5.91 Å². The zero-order chi connectivity index (χ0) is 13.1. The molecule has 0 aromatic carbocycles. The molecule has 0 aliphatic carbocycles. The fraction of sp³-hybridized carbons (Fsp3) is 0.400. The topological polar surface area (TPSA) is 46.9 Å². The lowest BCUT2D eigenvalue weighted by molar-refractivity contribution is -0.142. The SMILES string of the molecule is C#CCNC(=O)C(C)n1ccc(C(F)(F)F)n1. The van der Waals surface area contributed by atoms with Crippen molar-refractivity contribution in [3.8, 4) is 12.3 Å². The maximum atomic E-state index is 12.3. The van der Waals surface area contributed by atoms with Crippen LogP contribution in [0.3, 0.4) is 0 Å². The van der Waals surface area contributed by atoms with E-state index in [1.807, 2.05) is 0 Å². The van der Waals surface area contributed by atoms with Crippen LogP contribution in [0, 0.1) is 12.3 Å². The molecule has 0 aliphatic heterocycles. The van der Waals surface area contributed by atoms with Crippen LogP contribution in [0.2, 0.25) is 0 Å². The Bertz CT molecular complexity index is 444. The van der Waals surface area contributed by atoms with Gasteiger partial charge in [0.15, 0.2) is 5.69 Å². The molecule has 1 atom stereocenters. The molecule has 1 aromatic heterocycles. The molecule has 17 heavy (non-hydrogen) atoms. The third-order valence-corrected chi connectivity index (χ3v) is 2.04. The lowest BCUT2D eigenvalue weighted by atomic mass is 10.3. The average Bonchev–Trinajstić information content (AvgIpc) is 2.73. The van der Waals surface area contributed by atoms with Gasteiger partial charge in [-0.05, 0) is 13.0 Å². The number of carbonyl (C=O) groups excluding carboxylic acids is 1. The highest BCUT2D eigenvalue weighted by Gasteiger charge is 2.34. The quantitative estimate of drug-likeness (QED) is 0.814. The zero-order valence-electron chi connectivity index (χ0n) is 8.95. The number of halogens is 3. The number of nitrogens with zero attached hydrogens (tertiary/aromatic N) is 2. The fourth-order valence-electron chi connectivity index (χ4n) is 1.11. The number of aromatic nitrogens is 2. The number of rotatable bonds is 3. The summed E-state index contributed by atoms with van der Waals surface area (Å²) < 4.78 is 37.7. The first-order valence-electron chi connectivity index (χ1n) is 4.69. The van der Waals surface area contributed by atoms with Gasteiger partial charge in [-0.15, -0.1) is 6.42 Å². The lowest BCUT2D eigenvalue weighted by Crippen LogP contribution is -2.31. The van der Waals surface area contributed by atoms with E-state index in [1.165, 1.54) is 6.92 Å². The number of nitrogens with one attached hydrogen (secondary N) is 1. The molecule has 0 fully saturated rings. The van der Waals surface area contributed by atoms with Gasteiger partial charge < -0.3 is 5.32 Å². The third-order valence-electron chi connectivity index (χ3n) is 2.04. The Morgan fingerprint density at radius 3 is 2.82 bits per heavy atom. The molecule has 1 unspecified atom stereocenters. The molecule has 0 aliphatic rings. The third kappa shape index (κ3) is 3.24. The van der Waals surface area contributed by atoms with Gasteiger partial charge in [0.05, 0.1) is 6.54 Å². The van der Waals surface area contributed by atoms with E-state index in [4.69, 9.17) is 6.42 Å². The summed E-state index contributed by atoms with van der Waals surface area (Å²) in [4.78, 5) is 11.4. The Kier molecular flexibility index (Phi) is 3.78. The highest BCUT2D eigenvalue weighted by atomic mass is 19.4. The monoisotopic (exact) mass is 245 g/mol. The molecule has 0 spiro atoms. The maximum absolute atomic E-state index is 12.3. The van der Waals surface area contributed by atoms with Crippen molar-refractivity contribution < 1.29 is 18.0 Å². The van der Waals surface area contributed by atoms with E-state index >= 15 is 0 Å². The van der Waals surface area contributed by atoms with Crippen molar-refractivity contribution in [2.45, 2.75) is 19.1 Å². The molecule has 1 amide bonds. The van der Waals surface area contributed by atoms with Gasteiger partial charge in [0, 0.05) is 6.20 Å². The van der Waals surface area contributed by atoms with Crippen molar-refractivity contribution in [3.63, 3.8) is 0 Å². The number of hydrogen-bond donors (Lipinski definition) is 1. The van der Waals surface area contributed by atoms with E-state index in [0.29, 0.717) is 0 Å². The van der Waals surface area contributed by atoms with Crippen molar-refractivity contribution >= 4 is 5.91 Å². The minimum absolute atomic E-state index is 0.0244. The van der Waals surface area contributed by atoms with Gasteiger partial charge in [-0.3, -0.25) is 9.48 Å². The van der Waals surface area contributed by atoms with Crippen molar-refractivity contribution in [1.82, 2.24) is 15.1 Å². The molecular weight excluding hydrogens is 235 g/mol. The second kappa shape index (κ2) is 4.91. The molecule has 1 rings (SSSR count). The molecule has 1 heterocycles. The summed E-state index contributed by atoms with van der Waals surface area (Å²) in [5.74, 6) is 1.71. The number of amides is 1. The van der Waals surface area contributed by atoms with Crippen molar-refractivity contribution in [2.24, 2.45) is 0 Å². The summed E-state index contributed by atoms with van der Waals surface area (Å²) in [6.07, 6.45) is 1.53.